The Morgan fingerprint density at radius 3 is 2.63 bits per heavy atom. The van der Waals surface area contributed by atoms with Crippen LogP contribution in [0, 0.1) is 0 Å². The van der Waals surface area contributed by atoms with Crippen molar-refractivity contribution >= 4 is 11.7 Å². The molecule has 0 spiro atoms. The molecule has 0 radical (unpaired) electrons. The maximum absolute atomic E-state index is 12.3. The van der Waals surface area contributed by atoms with Gasteiger partial charge in [-0.3, -0.25) is 14.5 Å². The summed E-state index contributed by atoms with van der Waals surface area (Å²) in [6.45, 7) is 4.21. The first kappa shape index (κ1) is 13.1. The topological polar surface area (TPSA) is 52.7 Å². The molecule has 3 heterocycles. The minimum Gasteiger partial charge on any atom is -0.334 e. The molecule has 3 fully saturated rings. The van der Waals surface area contributed by atoms with Crippen molar-refractivity contribution in [1.29, 1.82) is 0 Å². The number of nitrogens with zero attached hydrogens (tertiary/aromatic N) is 2. The van der Waals surface area contributed by atoms with Gasteiger partial charge in [-0.1, -0.05) is 6.42 Å². The number of ketones is 1. The Kier molecular flexibility index (Phi) is 3.84. The molecular formula is C14H23N3O2. The van der Waals surface area contributed by atoms with Gasteiger partial charge in [-0.25, -0.2) is 0 Å². The summed E-state index contributed by atoms with van der Waals surface area (Å²) in [5.41, 5.74) is 0. The number of piperidine rings is 1. The summed E-state index contributed by atoms with van der Waals surface area (Å²) < 4.78 is 0. The molecule has 19 heavy (non-hydrogen) atoms. The fourth-order valence-corrected chi connectivity index (χ4v) is 3.51. The fourth-order valence-electron chi connectivity index (χ4n) is 3.51. The number of carbonyl (C=O) groups is 2. The Hall–Kier alpha value is -0.940. The van der Waals surface area contributed by atoms with Gasteiger partial charge in [0.15, 0.2) is 5.78 Å². The molecule has 3 saturated heterocycles. The number of hydrogen-bond donors (Lipinski definition) is 1. The van der Waals surface area contributed by atoms with Crippen molar-refractivity contribution in [2.45, 2.75) is 44.2 Å². The maximum atomic E-state index is 12.3. The predicted octanol–water partition coefficient (Wildman–Crippen LogP) is 0.00420. The lowest BCUT2D eigenvalue weighted by Gasteiger charge is -2.31. The molecule has 0 aromatic rings. The highest BCUT2D eigenvalue weighted by Crippen LogP contribution is 2.20. The molecule has 0 unspecified atom stereocenters. The number of hydrogen-bond acceptors (Lipinski definition) is 4. The number of nitrogens with one attached hydrogen (secondary N) is 1. The lowest BCUT2D eigenvalue weighted by atomic mass is 10.1. The van der Waals surface area contributed by atoms with E-state index in [-0.39, 0.29) is 17.7 Å². The van der Waals surface area contributed by atoms with Crippen LogP contribution in [0.5, 0.6) is 0 Å². The van der Waals surface area contributed by atoms with Crippen LogP contribution < -0.4 is 5.32 Å². The lowest BCUT2D eigenvalue weighted by molar-refractivity contribution is -0.133. The van der Waals surface area contributed by atoms with Crippen LogP contribution in [0.1, 0.15) is 32.1 Å². The first-order valence-electron chi connectivity index (χ1n) is 7.52. The first-order valence-corrected chi connectivity index (χ1v) is 7.52. The molecule has 2 atom stereocenters. The second-order valence-electron chi connectivity index (χ2n) is 6.00. The molecule has 3 rings (SSSR count). The van der Waals surface area contributed by atoms with E-state index in [0.717, 1.165) is 13.0 Å². The smallest absolute Gasteiger partial charge is 0.240 e. The van der Waals surface area contributed by atoms with Crippen LogP contribution in [0.3, 0.4) is 0 Å². The average molecular weight is 265 g/mol. The Morgan fingerprint density at radius 1 is 1.16 bits per heavy atom. The monoisotopic (exact) mass is 265 g/mol. The highest BCUT2D eigenvalue weighted by molar-refractivity contribution is 5.91. The first-order chi connectivity index (χ1) is 9.24. The van der Waals surface area contributed by atoms with E-state index < -0.39 is 0 Å². The van der Waals surface area contributed by atoms with E-state index in [1.54, 1.807) is 4.90 Å². The van der Waals surface area contributed by atoms with Gasteiger partial charge < -0.3 is 10.2 Å². The van der Waals surface area contributed by atoms with E-state index in [4.69, 9.17) is 0 Å². The van der Waals surface area contributed by atoms with Crippen LogP contribution in [0.25, 0.3) is 0 Å². The molecule has 5 nitrogen and oxygen atoms in total. The van der Waals surface area contributed by atoms with E-state index >= 15 is 0 Å². The molecule has 3 aliphatic heterocycles. The Morgan fingerprint density at radius 2 is 1.95 bits per heavy atom. The van der Waals surface area contributed by atoms with Gasteiger partial charge in [0.05, 0.1) is 12.6 Å². The van der Waals surface area contributed by atoms with Gasteiger partial charge in [-0.05, 0) is 32.4 Å². The van der Waals surface area contributed by atoms with Gasteiger partial charge in [0.1, 0.15) is 0 Å². The second kappa shape index (κ2) is 5.59. The van der Waals surface area contributed by atoms with Crippen LogP contribution in [0.2, 0.25) is 0 Å². The molecule has 0 aromatic heterocycles. The molecule has 0 aromatic carbocycles. The van der Waals surface area contributed by atoms with Crippen LogP contribution in [0.4, 0.5) is 0 Å². The predicted molar refractivity (Wildman–Crippen MR) is 71.8 cm³/mol. The zero-order chi connectivity index (χ0) is 13.2. The van der Waals surface area contributed by atoms with Gasteiger partial charge in [0, 0.05) is 25.6 Å². The van der Waals surface area contributed by atoms with Crippen molar-refractivity contribution in [1.82, 2.24) is 15.1 Å². The van der Waals surface area contributed by atoms with Gasteiger partial charge in [-0.2, -0.15) is 0 Å². The molecule has 5 heteroatoms. The second-order valence-corrected chi connectivity index (χ2v) is 6.00. The summed E-state index contributed by atoms with van der Waals surface area (Å²) in [7, 11) is 0. The van der Waals surface area contributed by atoms with E-state index in [9.17, 15) is 9.59 Å². The third-order valence-corrected chi connectivity index (χ3v) is 4.65. The molecule has 1 amide bonds. The molecule has 0 saturated carbocycles. The van der Waals surface area contributed by atoms with Crippen LogP contribution in [0.15, 0.2) is 0 Å². The van der Waals surface area contributed by atoms with Gasteiger partial charge in [0.25, 0.3) is 0 Å². The molecular weight excluding hydrogens is 242 g/mol. The largest absolute Gasteiger partial charge is 0.334 e. The summed E-state index contributed by atoms with van der Waals surface area (Å²) in [5, 5.41) is 3.35. The summed E-state index contributed by atoms with van der Waals surface area (Å²) in [5.74, 6) is 0.323. The number of rotatable bonds is 2. The standard InChI is InChI=1S/C14H23N3O2/c18-12-4-7-17(10-12)14(19)13-8-11(9-15-13)16-5-2-1-3-6-16/h11,13,15H,1-10H2/t11-,13-/m0/s1. The van der Waals surface area contributed by atoms with Crippen molar-refractivity contribution in [3.63, 3.8) is 0 Å². The molecule has 106 valence electrons. The average Bonchev–Trinajstić information content (AvgIpc) is 3.08. The Balaban J connectivity index is 1.53. The quantitative estimate of drug-likeness (QED) is 0.764. The summed E-state index contributed by atoms with van der Waals surface area (Å²) in [6, 6.07) is 0.436. The third-order valence-electron chi connectivity index (χ3n) is 4.65. The number of Topliss-reactive ketones (excluding diaryl/α,β-unsaturated/α-hetero) is 1. The summed E-state index contributed by atoms with van der Waals surface area (Å²) >= 11 is 0. The molecule has 1 N–H and O–H groups in total. The number of likely N-dealkylation sites (tertiary alicyclic amines) is 2. The van der Waals surface area contributed by atoms with Gasteiger partial charge in [-0.15, -0.1) is 0 Å². The van der Waals surface area contributed by atoms with E-state index in [1.165, 1.54) is 32.4 Å². The van der Waals surface area contributed by atoms with E-state index in [1.807, 2.05) is 0 Å². The minimum atomic E-state index is -0.0715. The van der Waals surface area contributed by atoms with Gasteiger partial charge >= 0.3 is 0 Å². The van der Waals surface area contributed by atoms with E-state index in [2.05, 4.69) is 10.2 Å². The SMILES string of the molecule is O=C1CCN(C(=O)[C@@H]2C[C@H](N3CCCCC3)CN2)C1. The zero-order valence-corrected chi connectivity index (χ0v) is 11.4. The van der Waals surface area contributed by atoms with E-state index in [0.29, 0.717) is 25.6 Å². The highest BCUT2D eigenvalue weighted by atomic mass is 16.2. The third kappa shape index (κ3) is 2.82. The van der Waals surface area contributed by atoms with Crippen molar-refractivity contribution < 1.29 is 9.59 Å². The number of carbonyl (C=O) groups excluding carboxylic acids is 2. The normalized spacial score (nSPS) is 33.1. The molecule has 0 bridgehead atoms. The number of amides is 1. The molecule has 3 aliphatic rings. The van der Waals surface area contributed by atoms with Crippen LogP contribution >= 0.6 is 0 Å². The van der Waals surface area contributed by atoms with Crippen LogP contribution in [-0.2, 0) is 9.59 Å². The van der Waals surface area contributed by atoms with Crippen LogP contribution in [-0.4, -0.2) is 66.3 Å². The van der Waals surface area contributed by atoms with Crippen molar-refractivity contribution in [2.24, 2.45) is 0 Å². The maximum Gasteiger partial charge on any atom is 0.240 e. The zero-order valence-electron chi connectivity index (χ0n) is 11.4. The lowest BCUT2D eigenvalue weighted by Crippen LogP contribution is -2.42. The minimum absolute atomic E-state index is 0.0715. The van der Waals surface area contributed by atoms with Crippen molar-refractivity contribution in [2.75, 3.05) is 32.7 Å². The Labute approximate surface area is 114 Å². The Bertz CT molecular complexity index is 366. The summed E-state index contributed by atoms with van der Waals surface area (Å²) in [4.78, 5) is 27.8. The van der Waals surface area contributed by atoms with Crippen molar-refractivity contribution in [3.8, 4) is 0 Å². The summed E-state index contributed by atoms with van der Waals surface area (Å²) in [6.07, 6.45) is 5.36. The fraction of sp³-hybridized carbons (Fsp3) is 0.857. The van der Waals surface area contributed by atoms with Crippen molar-refractivity contribution in [3.05, 3.63) is 0 Å². The molecule has 0 aliphatic carbocycles. The van der Waals surface area contributed by atoms with Gasteiger partial charge in [0.2, 0.25) is 5.91 Å². The highest BCUT2D eigenvalue weighted by Gasteiger charge is 2.36.